The zero-order chi connectivity index (χ0) is 13.8. The van der Waals surface area contributed by atoms with Gasteiger partial charge < -0.3 is 20.1 Å². The number of rotatable bonds is 5. The monoisotopic (exact) mass is 269 g/mol. The lowest BCUT2D eigenvalue weighted by atomic mass is 10.2. The maximum Gasteiger partial charge on any atom is 0.372 e. The molecule has 1 aliphatic rings. The topological polar surface area (TPSA) is 111 Å². The highest BCUT2D eigenvalue weighted by atomic mass is 16.6. The van der Waals surface area contributed by atoms with Crippen LogP contribution in [-0.2, 0) is 4.74 Å². The minimum atomic E-state index is -0.564. The highest BCUT2D eigenvalue weighted by Gasteiger charge is 2.31. The van der Waals surface area contributed by atoms with Crippen LogP contribution in [0.25, 0.3) is 0 Å². The van der Waals surface area contributed by atoms with Gasteiger partial charge in [-0.15, -0.1) is 0 Å². The van der Waals surface area contributed by atoms with Crippen LogP contribution in [0.15, 0.2) is 6.33 Å². The van der Waals surface area contributed by atoms with E-state index in [1.165, 1.54) is 13.4 Å². The van der Waals surface area contributed by atoms with Gasteiger partial charge in [0.25, 0.3) is 5.88 Å². The molecule has 0 radical (unpaired) electrons. The fourth-order valence-electron chi connectivity index (χ4n) is 2.00. The van der Waals surface area contributed by atoms with E-state index < -0.39 is 4.92 Å². The van der Waals surface area contributed by atoms with Crippen molar-refractivity contribution in [1.82, 2.24) is 15.3 Å². The minimum Gasteiger partial charge on any atom is -0.476 e. The largest absolute Gasteiger partial charge is 0.476 e. The summed E-state index contributed by atoms with van der Waals surface area (Å²) in [5.41, 5.74) is -0.272. The Hall–Kier alpha value is -2.00. The van der Waals surface area contributed by atoms with Crippen LogP contribution >= 0.6 is 0 Å². The van der Waals surface area contributed by atoms with Gasteiger partial charge in [0, 0.05) is 20.2 Å². The third kappa shape index (κ3) is 2.71. The van der Waals surface area contributed by atoms with Gasteiger partial charge in [-0.05, 0) is 0 Å². The van der Waals surface area contributed by atoms with E-state index in [1.54, 1.807) is 7.11 Å². The fraction of sp³-hybridized carbons (Fsp3) is 0.600. The molecule has 9 heteroatoms. The van der Waals surface area contributed by atoms with Gasteiger partial charge in [0.1, 0.15) is 6.33 Å². The fourth-order valence-corrected chi connectivity index (χ4v) is 2.00. The van der Waals surface area contributed by atoms with Gasteiger partial charge in [0.2, 0.25) is 5.82 Å². The van der Waals surface area contributed by atoms with Gasteiger partial charge in [-0.3, -0.25) is 10.1 Å². The van der Waals surface area contributed by atoms with Gasteiger partial charge >= 0.3 is 5.69 Å². The van der Waals surface area contributed by atoms with E-state index in [1.807, 2.05) is 0 Å². The molecule has 1 aromatic heterocycles. The number of ether oxygens (including phenoxy) is 2. The number of methoxy groups -OCH3 is 2. The van der Waals surface area contributed by atoms with Crippen LogP contribution in [0, 0.1) is 10.1 Å². The zero-order valence-corrected chi connectivity index (χ0v) is 10.6. The summed E-state index contributed by atoms with van der Waals surface area (Å²) >= 11 is 0. The molecule has 0 saturated carbocycles. The second-order valence-corrected chi connectivity index (χ2v) is 4.02. The molecule has 1 aliphatic heterocycles. The number of aromatic nitrogens is 2. The first-order valence-corrected chi connectivity index (χ1v) is 5.70. The summed E-state index contributed by atoms with van der Waals surface area (Å²) in [7, 11) is 2.93. The van der Waals surface area contributed by atoms with Gasteiger partial charge in [0.05, 0.1) is 24.2 Å². The summed E-state index contributed by atoms with van der Waals surface area (Å²) in [5.74, 6) is 0.0648. The van der Waals surface area contributed by atoms with Crippen molar-refractivity contribution in [1.29, 1.82) is 0 Å². The molecule has 1 unspecified atom stereocenters. The number of nitro groups is 1. The van der Waals surface area contributed by atoms with E-state index in [0.29, 0.717) is 13.1 Å². The van der Waals surface area contributed by atoms with E-state index in [2.05, 4.69) is 20.6 Å². The normalized spacial score (nSPS) is 22.2. The summed E-state index contributed by atoms with van der Waals surface area (Å²) in [4.78, 5) is 18.2. The molecule has 19 heavy (non-hydrogen) atoms. The Bertz CT molecular complexity index is 469. The van der Waals surface area contributed by atoms with Crippen molar-refractivity contribution in [2.24, 2.45) is 0 Å². The van der Waals surface area contributed by atoms with Crippen molar-refractivity contribution in [2.45, 2.75) is 12.1 Å². The van der Waals surface area contributed by atoms with Crippen molar-refractivity contribution in [3.63, 3.8) is 0 Å². The molecule has 2 rings (SSSR count). The molecule has 2 atom stereocenters. The molecular formula is C10H15N5O4. The molecule has 2 heterocycles. The summed E-state index contributed by atoms with van der Waals surface area (Å²) in [5, 5.41) is 17.2. The number of hydrogen-bond acceptors (Lipinski definition) is 8. The predicted molar refractivity (Wildman–Crippen MR) is 66.3 cm³/mol. The molecule has 0 amide bonds. The molecule has 0 aliphatic carbocycles. The van der Waals surface area contributed by atoms with Crippen molar-refractivity contribution < 1.29 is 14.4 Å². The van der Waals surface area contributed by atoms with E-state index in [-0.39, 0.29) is 29.5 Å². The molecule has 1 saturated heterocycles. The van der Waals surface area contributed by atoms with Crippen molar-refractivity contribution in [3.8, 4) is 5.88 Å². The van der Waals surface area contributed by atoms with E-state index in [0.717, 1.165) is 0 Å². The highest BCUT2D eigenvalue weighted by Crippen LogP contribution is 2.31. The average Bonchev–Trinajstić information content (AvgIpc) is 2.85. The molecule has 0 bridgehead atoms. The number of anilines is 1. The lowest BCUT2D eigenvalue weighted by Crippen LogP contribution is -2.34. The molecule has 0 spiro atoms. The number of hydrogen-bond donors (Lipinski definition) is 2. The first kappa shape index (κ1) is 13.4. The predicted octanol–water partition coefficient (Wildman–Crippen LogP) is -0.208. The van der Waals surface area contributed by atoms with Crippen LogP contribution in [0.4, 0.5) is 11.5 Å². The van der Waals surface area contributed by atoms with Gasteiger partial charge in [-0.25, -0.2) is 4.98 Å². The Balaban J connectivity index is 2.27. The molecule has 0 aromatic carbocycles. The molecule has 1 aromatic rings. The van der Waals surface area contributed by atoms with Gasteiger partial charge in [-0.1, -0.05) is 0 Å². The molecule has 9 nitrogen and oxygen atoms in total. The third-order valence-electron chi connectivity index (χ3n) is 2.95. The van der Waals surface area contributed by atoms with Crippen LogP contribution in [0.1, 0.15) is 0 Å². The standard InChI is InChI=1S/C10H15N5O4/c1-18-7-4-11-3-6(7)14-9-8(15(16)17)10(19-2)13-5-12-9/h5-7,11H,3-4H2,1-2H3,(H,12,13,14)/t6?,7-/m0/s1. The lowest BCUT2D eigenvalue weighted by molar-refractivity contribution is -0.385. The van der Waals surface area contributed by atoms with Crippen LogP contribution in [-0.4, -0.2) is 54.3 Å². The van der Waals surface area contributed by atoms with Crippen LogP contribution < -0.4 is 15.4 Å². The Morgan fingerprint density at radius 1 is 1.47 bits per heavy atom. The molecular weight excluding hydrogens is 254 g/mol. The smallest absolute Gasteiger partial charge is 0.372 e. The second-order valence-electron chi connectivity index (χ2n) is 4.02. The van der Waals surface area contributed by atoms with Crippen molar-refractivity contribution >= 4 is 11.5 Å². The Morgan fingerprint density at radius 2 is 2.26 bits per heavy atom. The maximum absolute atomic E-state index is 11.1. The summed E-state index contributed by atoms with van der Waals surface area (Å²) in [6.07, 6.45) is 1.15. The first-order valence-electron chi connectivity index (χ1n) is 5.70. The van der Waals surface area contributed by atoms with Crippen LogP contribution in [0.5, 0.6) is 5.88 Å². The van der Waals surface area contributed by atoms with Crippen molar-refractivity contribution in [2.75, 3.05) is 32.6 Å². The Labute approximate surface area is 109 Å². The van der Waals surface area contributed by atoms with Crippen LogP contribution in [0.2, 0.25) is 0 Å². The van der Waals surface area contributed by atoms with Crippen LogP contribution in [0.3, 0.4) is 0 Å². The molecule has 104 valence electrons. The summed E-state index contributed by atoms with van der Waals surface area (Å²) in [6, 6.07) is -0.0942. The summed E-state index contributed by atoms with van der Waals surface area (Å²) < 4.78 is 10.2. The van der Waals surface area contributed by atoms with Gasteiger partial charge in [-0.2, -0.15) is 4.98 Å². The molecule has 2 N–H and O–H groups in total. The SMILES string of the molecule is COc1ncnc(NC2CNC[C@@H]2OC)c1[N+](=O)[O-]. The third-order valence-corrected chi connectivity index (χ3v) is 2.95. The van der Waals surface area contributed by atoms with Crippen molar-refractivity contribution in [3.05, 3.63) is 16.4 Å². The highest BCUT2D eigenvalue weighted by molar-refractivity contribution is 5.61. The quantitative estimate of drug-likeness (QED) is 0.558. The summed E-state index contributed by atoms with van der Waals surface area (Å²) in [6.45, 7) is 1.33. The average molecular weight is 269 g/mol. The molecule has 1 fully saturated rings. The second kappa shape index (κ2) is 5.76. The Kier molecular flexibility index (Phi) is 4.07. The Morgan fingerprint density at radius 3 is 2.89 bits per heavy atom. The minimum absolute atomic E-state index is 0.0672. The van der Waals surface area contributed by atoms with Gasteiger partial charge in [0.15, 0.2) is 0 Å². The van der Waals surface area contributed by atoms with E-state index in [9.17, 15) is 10.1 Å². The number of nitrogens with one attached hydrogen (secondary N) is 2. The zero-order valence-electron chi connectivity index (χ0n) is 10.6. The first-order chi connectivity index (χ1) is 9.17. The van der Waals surface area contributed by atoms with E-state index in [4.69, 9.17) is 9.47 Å². The number of nitrogens with zero attached hydrogens (tertiary/aromatic N) is 3. The lowest BCUT2D eigenvalue weighted by Gasteiger charge is -2.18. The maximum atomic E-state index is 11.1. The van der Waals surface area contributed by atoms with E-state index >= 15 is 0 Å².